The summed E-state index contributed by atoms with van der Waals surface area (Å²) in [5.41, 5.74) is 0.416. The predicted molar refractivity (Wildman–Crippen MR) is 42.7 cm³/mol. The van der Waals surface area contributed by atoms with Gasteiger partial charge in [0.1, 0.15) is 5.82 Å². The van der Waals surface area contributed by atoms with Gasteiger partial charge in [0, 0.05) is 0 Å². The number of azo groups is 1. The average Bonchev–Trinajstić information content (AvgIpc) is 2.57. The first kappa shape index (κ1) is 7.09. The zero-order valence-corrected chi connectivity index (χ0v) is 6.24. The Morgan fingerprint density at radius 2 is 2.08 bits per heavy atom. The van der Waals surface area contributed by atoms with Crippen LogP contribution >= 0.6 is 0 Å². The van der Waals surface area contributed by atoms with Crippen molar-refractivity contribution in [2.75, 3.05) is 6.67 Å². The molecule has 0 aromatic heterocycles. The summed E-state index contributed by atoms with van der Waals surface area (Å²) in [6, 6.07) is 6.39. The molecule has 0 radical (unpaired) electrons. The SMILES string of the molecule is Fc1ccccc1C1=NCN=N1. The third-order valence-corrected chi connectivity index (χ3v) is 1.56. The van der Waals surface area contributed by atoms with E-state index in [9.17, 15) is 4.39 Å². The van der Waals surface area contributed by atoms with Crippen LogP contribution in [0.2, 0.25) is 0 Å². The van der Waals surface area contributed by atoms with Crippen LogP contribution < -0.4 is 0 Å². The van der Waals surface area contributed by atoms with E-state index in [2.05, 4.69) is 15.2 Å². The largest absolute Gasteiger partial charge is 0.239 e. The molecule has 0 saturated heterocycles. The lowest BCUT2D eigenvalue weighted by Gasteiger charge is -1.96. The Kier molecular flexibility index (Phi) is 1.66. The normalized spacial score (nSPS) is 14.9. The Hall–Kier alpha value is -1.58. The molecule has 0 amide bonds. The summed E-state index contributed by atoms with van der Waals surface area (Å²) >= 11 is 0. The second-order valence-corrected chi connectivity index (χ2v) is 2.34. The second-order valence-electron chi connectivity index (χ2n) is 2.34. The third-order valence-electron chi connectivity index (χ3n) is 1.56. The Morgan fingerprint density at radius 1 is 1.25 bits per heavy atom. The van der Waals surface area contributed by atoms with Crippen LogP contribution in [-0.2, 0) is 0 Å². The van der Waals surface area contributed by atoms with Crippen LogP contribution in [-0.4, -0.2) is 12.5 Å². The Balaban J connectivity index is 2.46. The van der Waals surface area contributed by atoms with Gasteiger partial charge in [-0.2, -0.15) is 5.11 Å². The fourth-order valence-electron chi connectivity index (χ4n) is 1.01. The van der Waals surface area contributed by atoms with Gasteiger partial charge in [-0.25, -0.2) is 9.38 Å². The maximum Gasteiger partial charge on any atom is 0.181 e. The molecule has 1 aromatic carbocycles. The standard InChI is InChI=1S/C8H6FN3/c9-7-4-2-1-3-6(7)8-10-5-11-12-8/h1-4H,5H2. The van der Waals surface area contributed by atoms with Crippen molar-refractivity contribution in [3.8, 4) is 0 Å². The van der Waals surface area contributed by atoms with Crippen molar-refractivity contribution in [2.45, 2.75) is 0 Å². The molecule has 0 saturated carbocycles. The lowest BCUT2D eigenvalue weighted by molar-refractivity contribution is 0.625. The Labute approximate surface area is 68.7 Å². The fraction of sp³-hybridized carbons (Fsp3) is 0.125. The van der Waals surface area contributed by atoms with Crippen LogP contribution in [0.3, 0.4) is 0 Å². The summed E-state index contributed by atoms with van der Waals surface area (Å²) < 4.78 is 13.1. The van der Waals surface area contributed by atoms with Gasteiger partial charge in [0.25, 0.3) is 0 Å². The Bertz CT molecular complexity index is 357. The predicted octanol–water partition coefficient (Wildman–Crippen LogP) is 2.00. The number of hydrogen-bond donors (Lipinski definition) is 0. The number of amidine groups is 1. The molecule has 0 spiro atoms. The summed E-state index contributed by atoms with van der Waals surface area (Å²) in [5.74, 6) is 0.0743. The van der Waals surface area contributed by atoms with Crippen LogP contribution in [0.5, 0.6) is 0 Å². The first-order valence-electron chi connectivity index (χ1n) is 3.55. The number of hydrogen-bond acceptors (Lipinski definition) is 3. The van der Waals surface area contributed by atoms with Gasteiger partial charge in [-0.3, -0.25) is 0 Å². The van der Waals surface area contributed by atoms with E-state index < -0.39 is 0 Å². The molecule has 0 N–H and O–H groups in total. The summed E-state index contributed by atoms with van der Waals surface area (Å²) in [6.07, 6.45) is 0. The van der Waals surface area contributed by atoms with Crippen molar-refractivity contribution < 1.29 is 4.39 Å². The number of rotatable bonds is 1. The maximum absolute atomic E-state index is 13.1. The zero-order valence-electron chi connectivity index (χ0n) is 6.24. The molecule has 1 aromatic rings. The van der Waals surface area contributed by atoms with E-state index in [0.29, 0.717) is 18.1 Å². The van der Waals surface area contributed by atoms with Crippen LogP contribution in [0.1, 0.15) is 5.56 Å². The molecule has 1 aliphatic rings. The first-order valence-corrected chi connectivity index (χ1v) is 3.55. The zero-order chi connectivity index (χ0) is 8.39. The molecule has 1 aliphatic heterocycles. The van der Waals surface area contributed by atoms with E-state index in [1.54, 1.807) is 18.2 Å². The fourth-order valence-corrected chi connectivity index (χ4v) is 1.01. The quantitative estimate of drug-likeness (QED) is 0.607. The van der Waals surface area contributed by atoms with E-state index in [-0.39, 0.29) is 5.82 Å². The van der Waals surface area contributed by atoms with Crippen molar-refractivity contribution in [2.24, 2.45) is 15.2 Å². The van der Waals surface area contributed by atoms with Crippen LogP contribution in [0.25, 0.3) is 0 Å². The van der Waals surface area contributed by atoms with Gasteiger partial charge >= 0.3 is 0 Å². The molecular formula is C8H6FN3. The molecule has 60 valence electrons. The molecule has 3 nitrogen and oxygen atoms in total. The lowest BCUT2D eigenvalue weighted by Crippen LogP contribution is -1.97. The van der Waals surface area contributed by atoms with E-state index in [1.165, 1.54) is 6.07 Å². The highest BCUT2D eigenvalue weighted by Crippen LogP contribution is 2.11. The van der Waals surface area contributed by atoms with E-state index in [0.717, 1.165) is 0 Å². The summed E-state index contributed by atoms with van der Waals surface area (Å²) in [7, 11) is 0. The minimum absolute atomic E-state index is 0.308. The number of nitrogens with zero attached hydrogens (tertiary/aromatic N) is 3. The van der Waals surface area contributed by atoms with E-state index >= 15 is 0 Å². The molecule has 2 rings (SSSR count). The highest BCUT2D eigenvalue weighted by Gasteiger charge is 2.09. The van der Waals surface area contributed by atoms with Crippen molar-refractivity contribution in [3.05, 3.63) is 35.6 Å². The average molecular weight is 163 g/mol. The molecule has 4 heteroatoms. The third kappa shape index (κ3) is 1.11. The van der Waals surface area contributed by atoms with Crippen molar-refractivity contribution in [1.29, 1.82) is 0 Å². The van der Waals surface area contributed by atoms with Crippen molar-refractivity contribution in [1.82, 2.24) is 0 Å². The molecule has 1 heterocycles. The summed E-state index contributed by atoms with van der Waals surface area (Å²) in [5, 5.41) is 7.34. The van der Waals surface area contributed by atoms with Gasteiger partial charge in [-0.05, 0) is 12.1 Å². The molecular weight excluding hydrogens is 157 g/mol. The maximum atomic E-state index is 13.1. The van der Waals surface area contributed by atoms with Gasteiger partial charge in [-0.15, -0.1) is 5.11 Å². The molecule has 12 heavy (non-hydrogen) atoms. The van der Waals surface area contributed by atoms with E-state index in [1.807, 2.05) is 0 Å². The molecule has 0 bridgehead atoms. The topological polar surface area (TPSA) is 37.1 Å². The van der Waals surface area contributed by atoms with Crippen molar-refractivity contribution >= 4 is 5.84 Å². The first-order chi connectivity index (χ1) is 5.88. The van der Waals surface area contributed by atoms with E-state index in [4.69, 9.17) is 0 Å². The monoisotopic (exact) mass is 163 g/mol. The minimum atomic E-state index is -0.308. The Morgan fingerprint density at radius 3 is 2.75 bits per heavy atom. The summed E-state index contributed by atoms with van der Waals surface area (Å²) in [4.78, 5) is 3.91. The highest BCUT2D eigenvalue weighted by molar-refractivity contribution is 5.99. The highest BCUT2D eigenvalue weighted by atomic mass is 19.1. The number of benzene rings is 1. The second kappa shape index (κ2) is 2.81. The summed E-state index contributed by atoms with van der Waals surface area (Å²) in [6.45, 7) is 0.309. The van der Waals surface area contributed by atoms with Gasteiger partial charge < -0.3 is 0 Å². The van der Waals surface area contributed by atoms with Gasteiger partial charge in [0.2, 0.25) is 0 Å². The minimum Gasteiger partial charge on any atom is -0.239 e. The van der Waals surface area contributed by atoms with Gasteiger partial charge in [0.15, 0.2) is 12.5 Å². The molecule has 0 fully saturated rings. The van der Waals surface area contributed by atoms with Crippen LogP contribution in [0, 0.1) is 5.82 Å². The molecule has 0 aliphatic carbocycles. The molecule has 0 unspecified atom stereocenters. The molecule has 0 atom stereocenters. The van der Waals surface area contributed by atoms with Crippen molar-refractivity contribution in [3.63, 3.8) is 0 Å². The lowest BCUT2D eigenvalue weighted by atomic mass is 10.2. The number of halogens is 1. The van der Waals surface area contributed by atoms with Gasteiger partial charge in [-0.1, -0.05) is 12.1 Å². The number of aliphatic imine (C=N–C) groups is 1. The smallest absolute Gasteiger partial charge is 0.181 e. The van der Waals surface area contributed by atoms with Crippen LogP contribution in [0.4, 0.5) is 4.39 Å². The van der Waals surface area contributed by atoms with Gasteiger partial charge in [0.05, 0.1) is 5.56 Å². The van der Waals surface area contributed by atoms with Crippen LogP contribution in [0.15, 0.2) is 39.5 Å².